The molecule has 0 radical (unpaired) electrons. The quantitative estimate of drug-likeness (QED) is 0.870. The van der Waals surface area contributed by atoms with Gasteiger partial charge in [0.2, 0.25) is 0 Å². The molecule has 0 aliphatic heterocycles. The predicted molar refractivity (Wildman–Crippen MR) is 69.2 cm³/mol. The van der Waals surface area contributed by atoms with Crippen LogP contribution in [0.25, 0.3) is 10.7 Å². The van der Waals surface area contributed by atoms with Gasteiger partial charge in [-0.1, -0.05) is 11.6 Å². The Morgan fingerprint density at radius 2 is 2.47 bits per heavy atom. The monoisotopic (exact) mass is 302 g/mol. The van der Waals surface area contributed by atoms with E-state index in [4.69, 9.17) is 21.4 Å². The molecule has 0 bridgehead atoms. The van der Waals surface area contributed by atoms with Gasteiger partial charge in [0.25, 0.3) is 0 Å². The standard InChI is InChI=1S/C10H11ClN4O3S/c1-18-6(4-8(16)17)5-15-10(12-13-14-15)9-7(11)2-3-19-9/h2-3,6H,4-5H2,1H3,(H,16,17). The summed E-state index contributed by atoms with van der Waals surface area (Å²) in [5, 5.41) is 22.5. The summed E-state index contributed by atoms with van der Waals surface area (Å²) >= 11 is 7.45. The second-order valence-corrected chi connectivity index (χ2v) is 5.06. The fourth-order valence-corrected chi connectivity index (χ4v) is 2.68. The van der Waals surface area contributed by atoms with Crippen molar-refractivity contribution in [3.8, 4) is 10.7 Å². The minimum atomic E-state index is -0.935. The summed E-state index contributed by atoms with van der Waals surface area (Å²) in [5.41, 5.74) is 0. The summed E-state index contributed by atoms with van der Waals surface area (Å²) in [5.74, 6) is -0.428. The molecule has 0 amide bonds. The van der Waals surface area contributed by atoms with Gasteiger partial charge in [0.1, 0.15) is 0 Å². The summed E-state index contributed by atoms with van der Waals surface area (Å²) in [6, 6.07) is 1.76. The van der Waals surface area contributed by atoms with Crippen LogP contribution < -0.4 is 0 Å². The average molecular weight is 303 g/mol. The number of hydrogen-bond acceptors (Lipinski definition) is 6. The number of rotatable bonds is 6. The number of methoxy groups -OCH3 is 1. The number of aliphatic carboxylic acids is 1. The van der Waals surface area contributed by atoms with Gasteiger partial charge in [-0.2, -0.15) is 0 Å². The lowest BCUT2D eigenvalue weighted by Crippen LogP contribution is -2.23. The van der Waals surface area contributed by atoms with E-state index in [2.05, 4.69) is 15.5 Å². The van der Waals surface area contributed by atoms with Crippen LogP contribution in [-0.2, 0) is 16.1 Å². The minimum Gasteiger partial charge on any atom is -0.481 e. The van der Waals surface area contributed by atoms with E-state index in [1.54, 1.807) is 6.07 Å². The molecule has 9 heteroatoms. The first-order chi connectivity index (χ1) is 9.11. The van der Waals surface area contributed by atoms with Crippen molar-refractivity contribution in [2.45, 2.75) is 19.1 Å². The van der Waals surface area contributed by atoms with Crippen molar-refractivity contribution in [1.29, 1.82) is 0 Å². The number of carboxylic acids is 1. The van der Waals surface area contributed by atoms with Gasteiger partial charge in [-0.3, -0.25) is 4.79 Å². The highest BCUT2D eigenvalue weighted by atomic mass is 35.5. The van der Waals surface area contributed by atoms with Gasteiger partial charge in [0, 0.05) is 7.11 Å². The lowest BCUT2D eigenvalue weighted by molar-refractivity contribution is -0.139. The molecule has 19 heavy (non-hydrogen) atoms. The Labute approximate surface area is 117 Å². The summed E-state index contributed by atoms with van der Waals surface area (Å²) in [6.07, 6.45) is -0.618. The normalized spacial score (nSPS) is 12.5. The fourth-order valence-electron chi connectivity index (χ4n) is 1.55. The Morgan fingerprint density at radius 1 is 1.68 bits per heavy atom. The Morgan fingerprint density at radius 3 is 3.05 bits per heavy atom. The summed E-state index contributed by atoms with van der Waals surface area (Å²) < 4.78 is 6.61. The van der Waals surface area contributed by atoms with Gasteiger partial charge < -0.3 is 9.84 Å². The zero-order valence-electron chi connectivity index (χ0n) is 9.99. The molecule has 7 nitrogen and oxygen atoms in total. The fraction of sp³-hybridized carbons (Fsp3) is 0.400. The lowest BCUT2D eigenvalue weighted by atomic mass is 10.2. The van der Waals surface area contributed by atoms with Crippen LogP contribution in [-0.4, -0.2) is 44.5 Å². The topological polar surface area (TPSA) is 90.1 Å². The number of carboxylic acid groups (broad SMARTS) is 1. The number of halogens is 1. The maximum atomic E-state index is 10.7. The van der Waals surface area contributed by atoms with Crippen molar-refractivity contribution in [1.82, 2.24) is 20.2 Å². The number of ether oxygens (including phenoxy) is 1. The smallest absolute Gasteiger partial charge is 0.306 e. The summed E-state index contributed by atoms with van der Waals surface area (Å²) in [4.78, 5) is 11.5. The van der Waals surface area contributed by atoms with Gasteiger partial charge in [0.15, 0.2) is 5.82 Å². The van der Waals surface area contributed by atoms with E-state index in [1.165, 1.54) is 23.1 Å². The van der Waals surface area contributed by atoms with Crippen LogP contribution in [0, 0.1) is 0 Å². The van der Waals surface area contributed by atoms with E-state index < -0.39 is 12.1 Å². The first kappa shape index (κ1) is 13.9. The Bertz CT molecular complexity index is 571. The van der Waals surface area contributed by atoms with Gasteiger partial charge in [-0.05, 0) is 21.9 Å². The largest absolute Gasteiger partial charge is 0.481 e. The first-order valence-corrected chi connectivity index (χ1v) is 6.61. The van der Waals surface area contributed by atoms with Gasteiger partial charge in [-0.15, -0.1) is 16.4 Å². The van der Waals surface area contributed by atoms with Crippen LogP contribution in [0.2, 0.25) is 5.02 Å². The molecule has 1 unspecified atom stereocenters. The van der Waals surface area contributed by atoms with E-state index >= 15 is 0 Å². The second-order valence-electron chi connectivity index (χ2n) is 3.74. The number of thiophene rings is 1. The first-order valence-electron chi connectivity index (χ1n) is 5.36. The van der Waals surface area contributed by atoms with Crippen LogP contribution in [0.3, 0.4) is 0 Å². The van der Waals surface area contributed by atoms with Crippen molar-refractivity contribution in [3.63, 3.8) is 0 Å². The zero-order valence-corrected chi connectivity index (χ0v) is 11.6. The molecule has 1 N–H and O–H groups in total. The predicted octanol–water partition coefficient (Wildman–Crippen LogP) is 1.54. The molecule has 2 aromatic heterocycles. The molecule has 102 valence electrons. The minimum absolute atomic E-state index is 0.117. The van der Waals surface area contributed by atoms with Crippen molar-refractivity contribution < 1.29 is 14.6 Å². The molecule has 0 saturated heterocycles. The highest BCUT2D eigenvalue weighted by molar-refractivity contribution is 7.14. The summed E-state index contributed by atoms with van der Waals surface area (Å²) in [6.45, 7) is 0.249. The molecule has 2 rings (SSSR count). The van der Waals surface area contributed by atoms with E-state index in [-0.39, 0.29) is 13.0 Å². The number of carbonyl (C=O) groups is 1. The van der Waals surface area contributed by atoms with Gasteiger partial charge in [-0.25, -0.2) is 4.68 Å². The maximum absolute atomic E-state index is 10.7. The van der Waals surface area contributed by atoms with Crippen molar-refractivity contribution in [3.05, 3.63) is 16.5 Å². The zero-order chi connectivity index (χ0) is 13.8. The third kappa shape index (κ3) is 3.28. The van der Waals surface area contributed by atoms with Crippen molar-refractivity contribution in [2.75, 3.05) is 7.11 Å². The van der Waals surface area contributed by atoms with Crippen LogP contribution in [0.1, 0.15) is 6.42 Å². The molecule has 0 spiro atoms. The van der Waals surface area contributed by atoms with Gasteiger partial charge >= 0.3 is 5.97 Å². The van der Waals surface area contributed by atoms with Crippen LogP contribution in [0.5, 0.6) is 0 Å². The Kier molecular flexibility index (Phi) is 4.46. The Balaban J connectivity index is 2.20. The molecular weight excluding hydrogens is 292 g/mol. The van der Waals surface area contributed by atoms with E-state index in [1.807, 2.05) is 5.38 Å². The molecule has 0 saturated carbocycles. The number of tetrazole rings is 1. The molecular formula is C10H11ClN4O3S. The SMILES string of the molecule is COC(CC(=O)O)Cn1nnnc1-c1sccc1Cl. The molecule has 0 aromatic carbocycles. The summed E-state index contributed by atoms with van der Waals surface area (Å²) in [7, 11) is 1.45. The van der Waals surface area contributed by atoms with E-state index in [9.17, 15) is 4.79 Å². The van der Waals surface area contributed by atoms with E-state index in [0.29, 0.717) is 10.8 Å². The number of hydrogen-bond donors (Lipinski definition) is 1. The van der Waals surface area contributed by atoms with Crippen LogP contribution in [0.4, 0.5) is 0 Å². The van der Waals surface area contributed by atoms with E-state index in [0.717, 1.165) is 4.88 Å². The highest BCUT2D eigenvalue weighted by Crippen LogP contribution is 2.31. The molecule has 2 heterocycles. The molecule has 0 fully saturated rings. The maximum Gasteiger partial charge on any atom is 0.306 e. The number of nitrogens with zero attached hydrogens (tertiary/aromatic N) is 4. The third-order valence-corrected chi connectivity index (χ3v) is 3.80. The van der Waals surface area contributed by atoms with Crippen LogP contribution >= 0.6 is 22.9 Å². The second kappa shape index (κ2) is 6.09. The van der Waals surface area contributed by atoms with Gasteiger partial charge in [0.05, 0.1) is 29.0 Å². The highest BCUT2D eigenvalue weighted by Gasteiger charge is 2.19. The molecule has 0 aliphatic rings. The number of aromatic nitrogens is 4. The Hall–Kier alpha value is -1.51. The van der Waals surface area contributed by atoms with Crippen LogP contribution in [0.15, 0.2) is 11.4 Å². The molecule has 0 aliphatic carbocycles. The van der Waals surface area contributed by atoms with Crippen molar-refractivity contribution >= 4 is 28.9 Å². The third-order valence-electron chi connectivity index (χ3n) is 2.46. The lowest BCUT2D eigenvalue weighted by Gasteiger charge is -2.13. The van der Waals surface area contributed by atoms with Crippen molar-refractivity contribution in [2.24, 2.45) is 0 Å². The average Bonchev–Trinajstić information content (AvgIpc) is 2.96. The molecule has 2 aromatic rings. The molecule has 1 atom stereocenters.